The van der Waals surface area contributed by atoms with E-state index in [2.05, 4.69) is 10.3 Å². The van der Waals surface area contributed by atoms with E-state index in [4.69, 9.17) is 16.7 Å². The first-order chi connectivity index (χ1) is 14.9. The molecule has 1 amide bonds. The minimum Gasteiger partial charge on any atom is -0.349 e. The summed E-state index contributed by atoms with van der Waals surface area (Å²) in [5, 5.41) is 8.34. The number of halogens is 2. The van der Waals surface area contributed by atoms with Gasteiger partial charge in [0.2, 0.25) is 0 Å². The highest BCUT2D eigenvalue weighted by Gasteiger charge is 2.24. The minimum absolute atomic E-state index is 0.109. The van der Waals surface area contributed by atoms with Crippen molar-refractivity contribution in [2.45, 2.75) is 52.1 Å². The summed E-state index contributed by atoms with van der Waals surface area (Å²) >= 11 is 5.99. The second-order valence-corrected chi connectivity index (χ2v) is 8.77. The van der Waals surface area contributed by atoms with E-state index in [1.807, 2.05) is 24.6 Å². The molecule has 0 unspecified atom stereocenters. The molecule has 0 aliphatic heterocycles. The zero-order valence-electron chi connectivity index (χ0n) is 17.7. The van der Waals surface area contributed by atoms with Gasteiger partial charge in [-0.25, -0.2) is 4.39 Å². The monoisotopic (exact) mass is 440 g/mol. The van der Waals surface area contributed by atoms with Crippen molar-refractivity contribution in [2.24, 2.45) is 5.92 Å². The number of carbonyl (C=O) groups excluding carboxylic acids is 1. The number of carbonyl (C=O) groups is 1. The van der Waals surface area contributed by atoms with Crippen LogP contribution in [0.5, 0.6) is 0 Å². The van der Waals surface area contributed by atoms with Gasteiger partial charge in [0.1, 0.15) is 5.82 Å². The molecule has 5 nitrogen and oxygen atoms in total. The molecule has 1 aliphatic carbocycles. The molecule has 1 aliphatic rings. The van der Waals surface area contributed by atoms with E-state index < -0.39 is 0 Å². The summed E-state index contributed by atoms with van der Waals surface area (Å²) in [7, 11) is 0. The average Bonchev–Trinajstić information content (AvgIpc) is 3.12. The lowest BCUT2D eigenvalue weighted by atomic mass is 9.86. The van der Waals surface area contributed by atoms with Crippen molar-refractivity contribution in [3.8, 4) is 11.3 Å². The summed E-state index contributed by atoms with van der Waals surface area (Å²) in [4.78, 5) is 16.8. The van der Waals surface area contributed by atoms with Crippen molar-refractivity contribution < 1.29 is 9.18 Å². The van der Waals surface area contributed by atoms with Crippen molar-refractivity contribution in [3.63, 3.8) is 0 Å². The van der Waals surface area contributed by atoms with Gasteiger partial charge in [-0.2, -0.15) is 5.10 Å². The SMILES string of the molecule is Cc1ncc(Cl)cc1C(=O)N[C@H]1CC[C@H](Cn2nc(-c3ccc(F)cc3)cc2C)CC1. The van der Waals surface area contributed by atoms with Crippen LogP contribution in [-0.4, -0.2) is 26.7 Å². The van der Waals surface area contributed by atoms with Crippen LogP contribution in [0, 0.1) is 25.6 Å². The number of aryl methyl sites for hydroxylation is 2. The Kier molecular flexibility index (Phi) is 6.37. The third-order valence-electron chi connectivity index (χ3n) is 6.03. The lowest BCUT2D eigenvalue weighted by molar-refractivity contribution is 0.0919. The first-order valence-electron chi connectivity index (χ1n) is 10.6. The summed E-state index contributed by atoms with van der Waals surface area (Å²) in [6.45, 7) is 4.72. The van der Waals surface area contributed by atoms with Crippen LogP contribution in [0.3, 0.4) is 0 Å². The first kappa shape index (κ1) is 21.5. The van der Waals surface area contributed by atoms with E-state index in [1.54, 1.807) is 24.4 Å². The van der Waals surface area contributed by atoms with Gasteiger partial charge in [-0.05, 0) is 81.8 Å². The molecule has 0 spiro atoms. The molecule has 1 N–H and O–H groups in total. The number of aromatic nitrogens is 3. The molecule has 2 heterocycles. The highest BCUT2D eigenvalue weighted by atomic mass is 35.5. The summed E-state index contributed by atoms with van der Waals surface area (Å²) in [5.74, 6) is 0.163. The van der Waals surface area contributed by atoms with Crippen LogP contribution in [0.25, 0.3) is 11.3 Å². The smallest absolute Gasteiger partial charge is 0.253 e. The Hall–Kier alpha value is -2.73. The number of nitrogens with zero attached hydrogens (tertiary/aromatic N) is 3. The molecule has 0 atom stereocenters. The predicted molar refractivity (Wildman–Crippen MR) is 120 cm³/mol. The molecule has 3 aromatic rings. The second-order valence-electron chi connectivity index (χ2n) is 8.34. The van der Waals surface area contributed by atoms with Gasteiger partial charge in [0.15, 0.2) is 0 Å². The first-order valence-corrected chi connectivity index (χ1v) is 11.0. The van der Waals surface area contributed by atoms with Crippen LogP contribution in [0.1, 0.15) is 47.4 Å². The summed E-state index contributed by atoms with van der Waals surface area (Å²) < 4.78 is 15.2. The summed E-state index contributed by atoms with van der Waals surface area (Å²) in [5.41, 5.74) is 4.10. The number of hydrogen-bond acceptors (Lipinski definition) is 3. The number of pyridine rings is 1. The molecule has 0 bridgehead atoms. The van der Waals surface area contributed by atoms with Gasteiger partial charge in [0, 0.05) is 30.0 Å². The van der Waals surface area contributed by atoms with Gasteiger partial charge in [-0.3, -0.25) is 14.5 Å². The molecular formula is C24H26ClFN4O. The van der Waals surface area contributed by atoms with E-state index in [0.29, 0.717) is 22.2 Å². The number of benzene rings is 1. The Morgan fingerprint density at radius 1 is 1.16 bits per heavy atom. The third kappa shape index (κ3) is 5.13. The lowest BCUT2D eigenvalue weighted by Gasteiger charge is -2.29. The Balaban J connectivity index is 1.33. The Bertz CT molecular complexity index is 1070. The maximum absolute atomic E-state index is 13.2. The second kappa shape index (κ2) is 9.18. The highest BCUT2D eigenvalue weighted by molar-refractivity contribution is 6.30. The summed E-state index contributed by atoms with van der Waals surface area (Å²) in [6.07, 6.45) is 5.49. The van der Waals surface area contributed by atoms with E-state index in [-0.39, 0.29) is 17.8 Å². The maximum atomic E-state index is 13.2. The number of rotatable bonds is 5. The van der Waals surface area contributed by atoms with Gasteiger partial charge in [0.05, 0.1) is 22.0 Å². The topological polar surface area (TPSA) is 59.8 Å². The lowest BCUT2D eigenvalue weighted by Crippen LogP contribution is -2.38. The number of amides is 1. The van der Waals surface area contributed by atoms with Crippen LogP contribution in [0.2, 0.25) is 5.02 Å². The highest BCUT2D eigenvalue weighted by Crippen LogP contribution is 2.28. The normalized spacial score (nSPS) is 18.7. The van der Waals surface area contributed by atoms with Gasteiger partial charge >= 0.3 is 0 Å². The van der Waals surface area contributed by atoms with Gasteiger partial charge in [-0.15, -0.1) is 0 Å². The van der Waals surface area contributed by atoms with Crippen molar-refractivity contribution in [1.29, 1.82) is 0 Å². The molecular weight excluding hydrogens is 415 g/mol. The fourth-order valence-corrected chi connectivity index (χ4v) is 4.35. The molecule has 1 aromatic carbocycles. The molecule has 2 aromatic heterocycles. The van der Waals surface area contributed by atoms with E-state index in [0.717, 1.165) is 49.2 Å². The fraction of sp³-hybridized carbons (Fsp3) is 0.375. The van der Waals surface area contributed by atoms with Crippen LogP contribution in [0.4, 0.5) is 4.39 Å². The van der Waals surface area contributed by atoms with Crippen molar-refractivity contribution >= 4 is 17.5 Å². The predicted octanol–water partition coefficient (Wildman–Crippen LogP) is 5.34. The van der Waals surface area contributed by atoms with Gasteiger partial charge < -0.3 is 5.32 Å². The number of hydrogen-bond donors (Lipinski definition) is 1. The van der Waals surface area contributed by atoms with Crippen LogP contribution in [0.15, 0.2) is 42.6 Å². The molecule has 7 heteroatoms. The Labute approximate surface area is 186 Å². The zero-order chi connectivity index (χ0) is 22.0. The van der Waals surface area contributed by atoms with Crippen LogP contribution in [-0.2, 0) is 6.54 Å². The average molecular weight is 441 g/mol. The molecule has 31 heavy (non-hydrogen) atoms. The Morgan fingerprint density at radius 2 is 1.87 bits per heavy atom. The van der Waals surface area contributed by atoms with Crippen LogP contribution < -0.4 is 5.32 Å². The molecule has 1 fully saturated rings. The number of nitrogens with one attached hydrogen (secondary N) is 1. The largest absolute Gasteiger partial charge is 0.349 e. The van der Waals surface area contributed by atoms with Gasteiger partial charge in [-0.1, -0.05) is 11.6 Å². The van der Waals surface area contributed by atoms with E-state index >= 15 is 0 Å². The molecule has 0 saturated heterocycles. The van der Waals surface area contributed by atoms with Crippen molar-refractivity contribution in [3.05, 3.63) is 70.4 Å². The van der Waals surface area contributed by atoms with E-state index in [9.17, 15) is 9.18 Å². The standard InChI is InChI=1S/C24H26ClFN4O/c1-15-11-23(18-5-7-20(26)8-6-18)29-30(15)14-17-3-9-21(10-4-17)28-24(31)22-12-19(25)13-27-16(22)2/h5-8,11-13,17,21H,3-4,9-10,14H2,1-2H3,(H,28,31)/t17-,21-. The fourth-order valence-electron chi connectivity index (χ4n) is 4.19. The van der Waals surface area contributed by atoms with Gasteiger partial charge in [0.25, 0.3) is 5.91 Å². The zero-order valence-corrected chi connectivity index (χ0v) is 18.5. The molecule has 0 radical (unpaired) electrons. The van der Waals surface area contributed by atoms with Crippen molar-refractivity contribution in [1.82, 2.24) is 20.1 Å². The molecule has 162 valence electrons. The van der Waals surface area contributed by atoms with Crippen molar-refractivity contribution in [2.75, 3.05) is 0 Å². The maximum Gasteiger partial charge on any atom is 0.253 e. The minimum atomic E-state index is -0.245. The Morgan fingerprint density at radius 3 is 2.58 bits per heavy atom. The van der Waals surface area contributed by atoms with E-state index in [1.165, 1.54) is 12.1 Å². The third-order valence-corrected chi connectivity index (χ3v) is 6.24. The quantitative estimate of drug-likeness (QED) is 0.582. The van der Waals surface area contributed by atoms with Crippen LogP contribution >= 0.6 is 11.6 Å². The summed E-state index contributed by atoms with van der Waals surface area (Å²) in [6, 6.07) is 10.3. The molecule has 1 saturated carbocycles. The molecule has 4 rings (SSSR count).